The summed E-state index contributed by atoms with van der Waals surface area (Å²) >= 11 is 0. The number of ether oxygens (including phenoxy) is 1. The van der Waals surface area contributed by atoms with Gasteiger partial charge in [0.1, 0.15) is 5.75 Å². The van der Waals surface area contributed by atoms with Gasteiger partial charge in [-0.05, 0) is 45.0 Å². The number of nitrogens with zero attached hydrogens (tertiary/aromatic N) is 2. The van der Waals surface area contributed by atoms with Crippen molar-refractivity contribution in [2.45, 2.75) is 39.8 Å². The van der Waals surface area contributed by atoms with Gasteiger partial charge in [-0.15, -0.1) is 0 Å². The molecule has 0 aliphatic rings. The molecule has 0 heterocycles. The van der Waals surface area contributed by atoms with E-state index in [1.54, 1.807) is 7.11 Å². The lowest BCUT2D eigenvalue weighted by Gasteiger charge is -2.24. The quantitative estimate of drug-likeness (QED) is 0.542. The highest BCUT2D eigenvalue weighted by Gasteiger charge is 2.06. The van der Waals surface area contributed by atoms with Crippen molar-refractivity contribution in [3.05, 3.63) is 29.8 Å². The van der Waals surface area contributed by atoms with Crippen LogP contribution in [0.1, 0.15) is 32.8 Å². The molecule has 5 heteroatoms. The largest absolute Gasteiger partial charge is 0.497 e. The van der Waals surface area contributed by atoms with Crippen molar-refractivity contribution in [1.29, 1.82) is 0 Å². The van der Waals surface area contributed by atoms with E-state index in [1.165, 1.54) is 6.42 Å². The number of nitrogens with one attached hydrogen (secondary N) is 2. The Hall–Kier alpha value is -1.75. The standard InChI is InChI=1S/C18H32N4O/c1-6-15(3)22(4)12-11-20-18(19-7-2)21-14-16-9-8-10-17(13-16)23-5/h8-10,13,15H,6-7,11-12,14H2,1-5H3,(H2,19,20,21). The van der Waals surface area contributed by atoms with Gasteiger partial charge in [0, 0.05) is 25.7 Å². The average Bonchev–Trinajstić information content (AvgIpc) is 2.58. The summed E-state index contributed by atoms with van der Waals surface area (Å²) in [6, 6.07) is 8.62. The molecule has 0 saturated carbocycles. The number of methoxy groups -OCH3 is 1. The van der Waals surface area contributed by atoms with Gasteiger partial charge in [-0.3, -0.25) is 0 Å². The van der Waals surface area contributed by atoms with Gasteiger partial charge in [-0.2, -0.15) is 0 Å². The van der Waals surface area contributed by atoms with Crippen LogP contribution in [-0.4, -0.2) is 50.7 Å². The van der Waals surface area contributed by atoms with Crippen LogP contribution in [0.15, 0.2) is 29.3 Å². The summed E-state index contributed by atoms with van der Waals surface area (Å²) in [7, 11) is 3.85. The Balaban J connectivity index is 2.52. The minimum atomic E-state index is 0.605. The fraction of sp³-hybridized carbons (Fsp3) is 0.611. The van der Waals surface area contributed by atoms with Crippen LogP contribution in [0, 0.1) is 0 Å². The highest BCUT2D eigenvalue weighted by Crippen LogP contribution is 2.13. The third-order valence-corrected chi connectivity index (χ3v) is 4.00. The Kier molecular flexibility index (Phi) is 9.14. The smallest absolute Gasteiger partial charge is 0.191 e. The van der Waals surface area contributed by atoms with Crippen LogP contribution in [0.25, 0.3) is 0 Å². The van der Waals surface area contributed by atoms with Gasteiger partial charge in [-0.25, -0.2) is 4.99 Å². The Morgan fingerprint density at radius 2 is 2.09 bits per heavy atom. The second-order valence-electron chi connectivity index (χ2n) is 5.71. The van der Waals surface area contributed by atoms with E-state index in [2.05, 4.69) is 54.4 Å². The predicted octanol–water partition coefficient (Wildman–Crippen LogP) is 2.48. The van der Waals surface area contributed by atoms with Crippen molar-refractivity contribution in [2.75, 3.05) is 33.8 Å². The number of hydrogen-bond acceptors (Lipinski definition) is 3. The van der Waals surface area contributed by atoms with E-state index in [-0.39, 0.29) is 0 Å². The van der Waals surface area contributed by atoms with Crippen LogP contribution >= 0.6 is 0 Å². The van der Waals surface area contributed by atoms with E-state index >= 15 is 0 Å². The van der Waals surface area contributed by atoms with Gasteiger partial charge >= 0.3 is 0 Å². The zero-order valence-electron chi connectivity index (χ0n) is 15.2. The molecule has 1 rings (SSSR count). The van der Waals surface area contributed by atoms with Gasteiger partial charge in [-0.1, -0.05) is 19.1 Å². The summed E-state index contributed by atoms with van der Waals surface area (Å²) in [6.45, 7) is 9.91. The summed E-state index contributed by atoms with van der Waals surface area (Å²) in [5.41, 5.74) is 1.14. The SMILES string of the molecule is CCNC(=NCc1cccc(OC)c1)NCCN(C)C(C)CC. The fourth-order valence-electron chi connectivity index (χ4n) is 2.17. The Labute approximate surface area is 141 Å². The highest BCUT2D eigenvalue weighted by atomic mass is 16.5. The predicted molar refractivity (Wildman–Crippen MR) is 98.2 cm³/mol. The number of aliphatic imine (C=N–C) groups is 1. The van der Waals surface area contributed by atoms with Crippen LogP contribution in [0.4, 0.5) is 0 Å². The average molecular weight is 320 g/mol. The lowest BCUT2D eigenvalue weighted by molar-refractivity contribution is 0.255. The molecule has 1 aromatic rings. The maximum atomic E-state index is 5.25. The molecule has 2 N–H and O–H groups in total. The molecule has 0 fully saturated rings. The van der Waals surface area contributed by atoms with Crippen LogP contribution in [0.2, 0.25) is 0 Å². The number of rotatable bonds is 9. The second-order valence-corrected chi connectivity index (χ2v) is 5.71. The monoisotopic (exact) mass is 320 g/mol. The van der Waals surface area contributed by atoms with E-state index in [1.807, 2.05) is 18.2 Å². The molecule has 0 aliphatic heterocycles. The summed E-state index contributed by atoms with van der Waals surface area (Å²) < 4.78 is 5.25. The zero-order chi connectivity index (χ0) is 17.1. The lowest BCUT2D eigenvalue weighted by atomic mass is 10.2. The molecule has 0 aliphatic carbocycles. The third kappa shape index (κ3) is 7.37. The summed E-state index contributed by atoms with van der Waals surface area (Å²) in [5, 5.41) is 6.68. The van der Waals surface area contributed by atoms with E-state index in [4.69, 9.17) is 4.74 Å². The normalized spacial score (nSPS) is 13.0. The number of hydrogen-bond donors (Lipinski definition) is 2. The summed E-state index contributed by atoms with van der Waals surface area (Å²) in [4.78, 5) is 7.00. The van der Waals surface area contributed by atoms with Gasteiger partial charge in [0.15, 0.2) is 5.96 Å². The molecule has 0 aromatic heterocycles. The van der Waals surface area contributed by atoms with Gasteiger partial charge in [0.2, 0.25) is 0 Å². The molecular formula is C18H32N4O. The van der Waals surface area contributed by atoms with Crippen molar-refractivity contribution in [3.8, 4) is 5.75 Å². The van der Waals surface area contributed by atoms with Crippen molar-refractivity contribution >= 4 is 5.96 Å². The molecular weight excluding hydrogens is 288 g/mol. The molecule has 0 amide bonds. The van der Waals surface area contributed by atoms with E-state index in [9.17, 15) is 0 Å². The van der Waals surface area contributed by atoms with Crippen molar-refractivity contribution in [3.63, 3.8) is 0 Å². The van der Waals surface area contributed by atoms with Crippen LogP contribution < -0.4 is 15.4 Å². The number of benzene rings is 1. The van der Waals surface area contributed by atoms with Crippen LogP contribution in [0.3, 0.4) is 0 Å². The molecule has 23 heavy (non-hydrogen) atoms. The molecule has 5 nitrogen and oxygen atoms in total. The Morgan fingerprint density at radius 1 is 1.30 bits per heavy atom. The maximum Gasteiger partial charge on any atom is 0.191 e. The maximum absolute atomic E-state index is 5.25. The lowest BCUT2D eigenvalue weighted by Crippen LogP contribution is -2.42. The molecule has 130 valence electrons. The topological polar surface area (TPSA) is 48.9 Å². The van der Waals surface area contributed by atoms with Crippen LogP contribution in [-0.2, 0) is 6.54 Å². The molecule has 0 radical (unpaired) electrons. The molecule has 0 spiro atoms. The molecule has 0 bridgehead atoms. The second kappa shape index (κ2) is 10.9. The van der Waals surface area contributed by atoms with Crippen molar-refractivity contribution in [2.24, 2.45) is 4.99 Å². The molecule has 1 unspecified atom stereocenters. The number of guanidine groups is 1. The van der Waals surface area contributed by atoms with Gasteiger partial charge in [0.05, 0.1) is 13.7 Å². The van der Waals surface area contributed by atoms with Gasteiger partial charge < -0.3 is 20.3 Å². The zero-order valence-corrected chi connectivity index (χ0v) is 15.2. The van der Waals surface area contributed by atoms with Crippen molar-refractivity contribution < 1.29 is 4.74 Å². The highest BCUT2D eigenvalue weighted by molar-refractivity contribution is 5.79. The molecule has 1 aromatic carbocycles. The summed E-state index contributed by atoms with van der Waals surface area (Å²) in [6.07, 6.45) is 1.17. The van der Waals surface area contributed by atoms with Crippen LogP contribution in [0.5, 0.6) is 5.75 Å². The summed E-state index contributed by atoms with van der Waals surface area (Å²) in [5.74, 6) is 1.72. The third-order valence-electron chi connectivity index (χ3n) is 4.00. The minimum Gasteiger partial charge on any atom is -0.497 e. The fourth-order valence-corrected chi connectivity index (χ4v) is 2.17. The first-order valence-electron chi connectivity index (χ1n) is 8.46. The van der Waals surface area contributed by atoms with Gasteiger partial charge in [0.25, 0.3) is 0 Å². The first-order valence-corrected chi connectivity index (χ1v) is 8.46. The molecule has 1 atom stereocenters. The Bertz CT molecular complexity index is 476. The Morgan fingerprint density at radius 3 is 2.74 bits per heavy atom. The minimum absolute atomic E-state index is 0.605. The number of likely N-dealkylation sites (N-methyl/N-ethyl adjacent to an activating group) is 1. The molecule has 0 saturated heterocycles. The van der Waals surface area contributed by atoms with Crippen molar-refractivity contribution in [1.82, 2.24) is 15.5 Å². The first kappa shape index (κ1) is 19.3. The van der Waals surface area contributed by atoms with E-state index in [0.29, 0.717) is 12.6 Å². The van der Waals surface area contributed by atoms with E-state index < -0.39 is 0 Å². The van der Waals surface area contributed by atoms with E-state index in [0.717, 1.165) is 36.9 Å². The first-order chi connectivity index (χ1) is 11.1.